The van der Waals surface area contributed by atoms with Gasteiger partial charge in [0.2, 0.25) is 11.9 Å². The summed E-state index contributed by atoms with van der Waals surface area (Å²) in [4.78, 5) is 21.4. The first-order valence-corrected chi connectivity index (χ1v) is 15.6. The molecule has 3 N–H and O–H groups in total. The van der Waals surface area contributed by atoms with E-state index in [1.165, 1.54) is 32.1 Å². The minimum Gasteiger partial charge on any atom is -0.361 e. The van der Waals surface area contributed by atoms with Gasteiger partial charge in [0.05, 0.1) is 29.8 Å². The van der Waals surface area contributed by atoms with Crippen LogP contribution in [0.5, 0.6) is 0 Å². The smallest absolute Gasteiger partial charge is 0.239 e. The van der Waals surface area contributed by atoms with E-state index in [9.17, 15) is 4.79 Å². The van der Waals surface area contributed by atoms with E-state index in [-0.39, 0.29) is 12.5 Å². The van der Waals surface area contributed by atoms with Crippen LogP contribution in [0.4, 0.5) is 11.8 Å². The highest BCUT2D eigenvalue weighted by molar-refractivity contribution is 5.80. The molecule has 0 spiro atoms. The largest absolute Gasteiger partial charge is 0.361 e. The molecule has 4 aromatic rings. The fourth-order valence-corrected chi connectivity index (χ4v) is 4.59. The summed E-state index contributed by atoms with van der Waals surface area (Å²) in [7, 11) is 0. The molecule has 238 valence electrons. The lowest BCUT2D eigenvalue weighted by atomic mass is 9.91. The van der Waals surface area contributed by atoms with Crippen molar-refractivity contribution < 1.29 is 4.79 Å². The molecule has 2 heterocycles. The number of amides is 1. The number of carbonyl (C=O) groups excluding carboxylic acids is 1. The standard InChI is InChI=1S/C26H22N8O.C7H14.C2H6.C2H2/c27-14-19-6-8-20(9-7-19)16-30-25(35)18-29-23-13-24(34-10-1-2-11-34)33-26(32-23)31-17-22-5-3-4-21(12-22)15-28;1-7-5-3-2-4-6-7;2*1-2/h1-13H,16-18H2,(H,30,35)(H2,29,31,32,33);7H,2-6H2,1H3;1-2H3;1-2H. The number of hydrogen-bond donors (Lipinski definition) is 3. The molecule has 0 saturated heterocycles. The number of nitriles is 2. The summed E-state index contributed by atoms with van der Waals surface area (Å²) < 4.78 is 1.85. The Labute approximate surface area is 273 Å². The summed E-state index contributed by atoms with van der Waals surface area (Å²) in [5, 5.41) is 27.1. The molecule has 2 aromatic heterocycles. The first-order chi connectivity index (χ1) is 22.5. The molecule has 0 radical (unpaired) electrons. The second-order valence-corrected chi connectivity index (χ2v) is 10.4. The molecular formula is C37H44N8O. The van der Waals surface area contributed by atoms with Crippen molar-refractivity contribution in [3.05, 3.63) is 101 Å². The number of aromatic nitrogens is 3. The van der Waals surface area contributed by atoms with Crippen LogP contribution in [0.2, 0.25) is 0 Å². The first-order valence-electron chi connectivity index (χ1n) is 15.6. The van der Waals surface area contributed by atoms with Crippen LogP contribution in [0.15, 0.2) is 79.1 Å². The average Bonchev–Trinajstić information content (AvgIpc) is 3.67. The maximum Gasteiger partial charge on any atom is 0.239 e. The highest BCUT2D eigenvalue weighted by Gasteiger charge is 2.09. The summed E-state index contributed by atoms with van der Waals surface area (Å²) in [6.45, 7) is 7.19. The number of rotatable bonds is 9. The van der Waals surface area contributed by atoms with E-state index >= 15 is 0 Å². The summed E-state index contributed by atoms with van der Waals surface area (Å²) in [6, 6.07) is 24.1. The van der Waals surface area contributed by atoms with Gasteiger partial charge >= 0.3 is 0 Å². The second kappa shape index (κ2) is 21.2. The lowest BCUT2D eigenvalue weighted by molar-refractivity contribution is -0.119. The molecule has 2 aromatic carbocycles. The molecule has 9 nitrogen and oxygen atoms in total. The van der Waals surface area contributed by atoms with E-state index < -0.39 is 0 Å². The van der Waals surface area contributed by atoms with Gasteiger partial charge in [-0.25, -0.2) is 0 Å². The minimum absolute atomic E-state index is 0.0298. The number of nitrogens with one attached hydrogen (secondary N) is 3. The monoisotopic (exact) mass is 616 g/mol. The molecule has 5 rings (SSSR count). The molecule has 9 heteroatoms. The SMILES string of the molecule is C#C.CC.CC1CCCCC1.N#Cc1ccc(CNC(=O)CNc2cc(-n3cccc3)nc(NCc3cccc(C#N)c3)n2)cc1. The van der Waals surface area contributed by atoms with Crippen LogP contribution in [-0.4, -0.2) is 27.0 Å². The maximum absolute atomic E-state index is 12.4. The molecule has 0 atom stereocenters. The lowest BCUT2D eigenvalue weighted by Crippen LogP contribution is -2.29. The van der Waals surface area contributed by atoms with Crippen molar-refractivity contribution in [2.45, 2.75) is 66.0 Å². The fourth-order valence-electron chi connectivity index (χ4n) is 4.59. The molecule has 1 aliphatic carbocycles. The van der Waals surface area contributed by atoms with Crippen molar-refractivity contribution in [2.24, 2.45) is 5.92 Å². The zero-order valence-electron chi connectivity index (χ0n) is 27.0. The van der Waals surface area contributed by atoms with Gasteiger partial charge < -0.3 is 20.5 Å². The van der Waals surface area contributed by atoms with Gasteiger partial charge in [0, 0.05) is 31.5 Å². The van der Waals surface area contributed by atoms with E-state index in [1.54, 1.807) is 30.3 Å². The number of benzene rings is 2. The summed E-state index contributed by atoms with van der Waals surface area (Å²) in [5.74, 6) is 2.36. The quantitative estimate of drug-likeness (QED) is 0.169. The van der Waals surface area contributed by atoms with Crippen LogP contribution in [0, 0.1) is 41.4 Å². The van der Waals surface area contributed by atoms with Gasteiger partial charge in [-0.15, -0.1) is 12.8 Å². The van der Waals surface area contributed by atoms with Crippen LogP contribution < -0.4 is 16.0 Å². The van der Waals surface area contributed by atoms with Gasteiger partial charge in [-0.2, -0.15) is 20.5 Å². The van der Waals surface area contributed by atoms with Crippen LogP contribution >= 0.6 is 0 Å². The maximum atomic E-state index is 12.4. The van der Waals surface area contributed by atoms with E-state index in [2.05, 4.69) is 57.8 Å². The Morgan fingerprint density at radius 1 is 0.848 bits per heavy atom. The third-order valence-corrected chi connectivity index (χ3v) is 6.98. The van der Waals surface area contributed by atoms with Gasteiger partial charge in [-0.05, 0) is 53.4 Å². The highest BCUT2D eigenvalue weighted by Crippen LogP contribution is 2.22. The molecule has 1 aliphatic rings. The molecule has 1 fully saturated rings. The summed E-state index contributed by atoms with van der Waals surface area (Å²) in [6.07, 6.45) is 19.2. The minimum atomic E-state index is -0.196. The Kier molecular flexibility index (Phi) is 16.8. The Morgan fingerprint density at radius 2 is 1.52 bits per heavy atom. The van der Waals surface area contributed by atoms with Crippen LogP contribution in [0.3, 0.4) is 0 Å². The van der Waals surface area contributed by atoms with Gasteiger partial charge in [0.1, 0.15) is 11.6 Å². The summed E-state index contributed by atoms with van der Waals surface area (Å²) >= 11 is 0. The molecule has 1 saturated carbocycles. The number of carbonyl (C=O) groups is 1. The van der Waals surface area contributed by atoms with Gasteiger partial charge in [0.25, 0.3) is 0 Å². The van der Waals surface area contributed by atoms with Gasteiger partial charge in [-0.1, -0.05) is 77.1 Å². The summed E-state index contributed by atoms with van der Waals surface area (Å²) in [5.41, 5.74) is 2.99. The van der Waals surface area contributed by atoms with Crippen LogP contribution in [0.1, 0.15) is 75.1 Å². The number of terminal acetylenes is 1. The van der Waals surface area contributed by atoms with Crippen molar-refractivity contribution in [2.75, 3.05) is 17.2 Å². The number of anilines is 2. The first kappa shape index (κ1) is 36.6. The second-order valence-electron chi connectivity index (χ2n) is 10.4. The number of hydrogen-bond acceptors (Lipinski definition) is 7. The normalized spacial score (nSPS) is 11.7. The predicted molar refractivity (Wildman–Crippen MR) is 185 cm³/mol. The number of nitrogens with zero attached hydrogens (tertiary/aromatic N) is 5. The Bertz CT molecular complexity index is 1560. The average molecular weight is 617 g/mol. The van der Waals surface area contributed by atoms with Gasteiger partial charge in [-0.3, -0.25) is 4.79 Å². The Balaban J connectivity index is 0.000000576. The lowest BCUT2D eigenvalue weighted by Gasteiger charge is -2.15. The topological polar surface area (TPSA) is 131 Å². The fraction of sp³-hybridized carbons (Fsp3) is 0.324. The molecule has 1 amide bonds. The highest BCUT2D eigenvalue weighted by atomic mass is 16.1. The molecule has 0 aliphatic heterocycles. The van der Waals surface area contributed by atoms with Crippen molar-refractivity contribution in [3.8, 4) is 30.8 Å². The van der Waals surface area contributed by atoms with Crippen LogP contribution in [0.25, 0.3) is 5.82 Å². The van der Waals surface area contributed by atoms with Crippen LogP contribution in [-0.2, 0) is 17.9 Å². The third-order valence-electron chi connectivity index (χ3n) is 6.98. The van der Waals surface area contributed by atoms with Crippen molar-refractivity contribution in [1.29, 1.82) is 10.5 Å². The van der Waals surface area contributed by atoms with Crippen molar-refractivity contribution in [1.82, 2.24) is 19.9 Å². The van der Waals surface area contributed by atoms with E-state index in [4.69, 9.17) is 10.5 Å². The zero-order valence-corrected chi connectivity index (χ0v) is 27.0. The van der Waals surface area contributed by atoms with Crippen molar-refractivity contribution in [3.63, 3.8) is 0 Å². The zero-order chi connectivity index (χ0) is 33.6. The molecular weight excluding hydrogens is 572 g/mol. The molecule has 0 unspecified atom stereocenters. The van der Waals surface area contributed by atoms with Gasteiger partial charge in [0.15, 0.2) is 0 Å². The van der Waals surface area contributed by atoms with E-state index in [1.807, 2.05) is 67.2 Å². The Morgan fingerprint density at radius 3 is 2.13 bits per heavy atom. The third kappa shape index (κ3) is 13.0. The van der Waals surface area contributed by atoms with Crippen molar-refractivity contribution >= 4 is 17.7 Å². The molecule has 46 heavy (non-hydrogen) atoms. The Hall–Kier alpha value is -5.59. The predicted octanol–water partition coefficient (Wildman–Crippen LogP) is 7.21. The van der Waals surface area contributed by atoms with E-state index in [0.717, 1.165) is 17.0 Å². The molecule has 0 bridgehead atoms. The van der Waals surface area contributed by atoms with E-state index in [0.29, 0.717) is 41.8 Å².